The third-order valence-corrected chi connectivity index (χ3v) is 4.50. The Labute approximate surface area is 153 Å². The normalized spacial score (nSPS) is 12.3. The molecule has 0 fully saturated rings. The predicted octanol–water partition coefficient (Wildman–Crippen LogP) is 4.14. The number of oxazole rings is 1. The summed E-state index contributed by atoms with van der Waals surface area (Å²) < 4.78 is 5.81. The lowest BCUT2D eigenvalue weighted by molar-refractivity contribution is -0.120. The van der Waals surface area contributed by atoms with Crippen molar-refractivity contribution in [1.29, 1.82) is 0 Å². The van der Waals surface area contributed by atoms with Gasteiger partial charge in [0.05, 0.1) is 6.10 Å². The van der Waals surface area contributed by atoms with Crippen molar-refractivity contribution in [3.8, 4) is 11.5 Å². The molecule has 5 heteroatoms. The van der Waals surface area contributed by atoms with Crippen LogP contribution in [0.25, 0.3) is 22.6 Å². The molecule has 1 amide bonds. The molecule has 0 bridgehead atoms. The number of amides is 1. The molecule has 0 saturated heterocycles. The molecule has 3 rings (SSSR count). The Morgan fingerprint density at radius 1 is 1.19 bits per heavy atom. The molecule has 1 aromatic heterocycles. The quantitative estimate of drug-likeness (QED) is 0.627. The highest BCUT2D eigenvalue weighted by molar-refractivity contribution is 5.77. The highest BCUT2D eigenvalue weighted by Crippen LogP contribution is 2.27. The van der Waals surface area contributed by atoms with E-state index in [1.807, 2.05) is 49.4 Å². The average molecular weight is 352 g/mol. The average Bonchev–Trinajstić information content (AvgIpc) is 3.08. The number of carbonyl (C=O) groups is 1. The summed E-state index contributed by atoms with van der Waals surface area (Å²) in [5, 5.41) is 12.9. The van der Waals surface area contributed by atoms with Crippen molar-refractivity contribution in [3.05, 3.63) is 53.6 Å². The number of nitrogens with one attached hydrogen (secondary N) is 1. The van der Waals surface area contributed by atoms with Gasteiger partial charge in [-0.3, -0.25) is 4.79 Å². The summed E-state index contributed by atoms with van der Waals surface area (Å²) in [4.78, 5) is 15.7. The number of carbonyl (C=O) groups excluding carboxylic acids is 1. The molecule has 0 aliphatic rings. The van der Waals surface area contributed by atoms with Gasteiger partial charge in [-0.2, -0.15) is 0 Å². The first kappa shape index (κ1) is 18.1. The van der Waals surface area contributed by atoms with Gasteiger partial charge >= 0.3 is 0 Å². The Morgan fingerprint density at radius 3 is 2.69 bits per heavy atom. The molecule has 0 spiro atoms. The fourth-order valence-electron chi connectivity index (χ4n) is 2.92. The van der Waals surface area contributed by atoms with Crippen LogP contribution < -0.4 is 5.32 Å². The van der Waals surface area contributed by atoms with Crippen LogP contribution in [0.15, 0.2) is 46.9 Å². The Kier molecular flexibility index (Phi) is 5.68. The monoisotopic (exact) mass is 352 g/mol. The number of aliphatic hydroxyl groups is 1. The first-order valence-electron chi connectivity index (χ1n) is 8.93. The van der Waals surface area contributed by atoms with Gasteiger partial charge in [-0.25, -0.2) is 4.98 Å². The molecule has 0 saturated carbocycles. The number of hydrogen-bond donors (Lipinski definition) is 2. The maximum atomic E-state index is 11.2. The van der Waals surface area contributed by atoms with Gasteiger partial charge in [-0.15, -0.1) is 0 Å². The van der Waals surface area contributed by atoms with E-state index in [-0.39, 0.29) is 5.91 Å². The van der Waals surface area contributed by atoms with Crippen LogP contribution >= 0.6 is 0 Å². The van der Waals surface area contributed by atoms with E-state index in [0.29, 0.717) is 18.7 Å². The zero-order valence-corrected chi connectivity index (χ0v) is 15.2. The van der Waals surface area contributed by atoms with E-state index < -0.39 is 6.10 Å². The van der Waals surface area contributed by atoms with Gasteiger partial charge in [0, 0.05) is 19.0 Å². The van der Waals surface area contributed by atoms with Crippen molar-refractivity contribution in [2.24, 2.45) is 0 Å². The number of benzene rings is 2. The van der Waals surface area contributed by atoms with E-state index in [9.17, 15) is 9.90 Å². The zero-order valence-electron chi connectivity index (χ0n) is 15.2. The first-order valence-corrected chi connectivity index (χ1v) is 8.93. The van der Waals surface area contributed by atoms with E-state index in [1.165, 1.54) is 0 Å². The highest BCUT2D eigenvalue weighted by atomic mass is 16.3. The molecular weight excluding hydrogens is 328 g/mol. The van der Waals surface area contributed by atoms with Crippen molar-refractivity contribution in [1.82, 2.24) is 10.3 Å². The predicted molar refractivity (Wildman–Crippen MR) is 102 cm³/mol. The largest absolute Gasteiger partial charge is 0.436 e. The van der Waals surface area contributed by atoms with Crippen LogP contribution in [0.5, 0.6) is 0 Å². The molecule has 2 N–H and O–H groups in total. The number of fused-ring (bicyclic) bond motifs is 1. The molecule has 1 heterocycles. The molecule has 0 aliphatic heterocycles. The summed E-state index contributed by atoms with van der Waals surface area (Å²) in [6.45, 7) is 2.03. The minimum atomic E-state index is -0.528. The molecule has 0 unspecified atom stereocenters. The standard InChI is InChI=1S/C21H24N2O3/c1-14-7-12-19-17(13-14)23-21(26-19)16-10-8-15(9-11-16)18(24)5-3-4-6-20(25)22-2/h7-13,18,24H,3-6H2,1-2H3,(H,22,25)/t18-/m0/s1. The molecule has 3 aromatic rings. The molecule has 5 nitrogen and oxygen atoms in total. The van der Waals surface area contributed by atoms with Crippen molar-refractivity contribution in [2.45, 2.75) is 38.7 Å². The number of hydrogen-bond acceptors (Lipinski definition) is 4. The molecule has 0 radical (unpaired) electrons. The maximum Gasteiger partial charge on any atom is 0.227 e. The minimum absolute atomic E-state index is 0.0392. The molecule has 136 valence electrons. The van der Waals surface area contributed by atoms with Gasteiger partial charge in [0.25, 0.3) is 0 Å². The minimum Gasteiger partial charge on any atom is -0.436 e. The van der Waals surface area contributed by atoms with Gasteiger partial charge in [-0.1, -0.05) is 24.6 Å². The second-order valence-electron chi connectivity index (χ2n) is 6.55. The van der Waals surface area contributed by atoms with Crippen LogP contribution in [0.3, 0.4) is 0 Å². The number of nitrogens with zero attached hydrogens (tertiary/aromatic N) is 1. The van der Waals surface area contributed by atoms with Crippen molar-refractivity contribution in [2.75, 3.05) is 7.05 Å². The number of aromatic nitrogens is 1. The van der Waals surface area contributed by atoms with Gasteiger partial charge in [0.1, 0.15) is 5.52 Å². The third kappa shape index (κ3) is 4.29. The van der Waals surface area contributed by atoms with Gasteiger partial charge < -0.3 is 14.8 Å². The van der Waals surface area contributed by atoms with E-state index >= 15 is 0 Å². The Bertz CT molecular complexity index is 884. The van der Waals surface area contributed by atoms with Crippen molar-refractivity contribution in [3.63, 3.8) is 0 Å². The topological polar surface area (TPSA) is 75.4 Å². The Morgan fingerprint density at radius 2 is 1.96 bits per heavy atom. The lowest BCUT2D eigenvalue weighted by Crippen LogP contribution is -2.16. The van der Waals surface area contributed by atoms with Gasteiger partial charge in [0.15, 0.2) is 5.58 Å². The molecular formula is C21H24N2O3. The summed E-state index contributed by atoms with van der Waals surface area (Å²) >= 11 is 0. The number of rotatable bonds is 7. The Hall–Kier alpha value is -2.66. The lowest BCUT2D eigenvalue weighted by atomic mass is 10.0. The lowest BCUT2D eigenvalue weighted by Gasteiger charge is -2.11. The smallest absolute Gasteiger partial charge is 0.227 e. The zero-order chi connectivity index (χ0) is 18.5. The second kappa shape index (κ2) is 8.15. The number of aliphatic hydroxyl groups excluding tert-OH is 1. The summed E-state index contributed by atoms with van der Waals surface area (Å²) in [7, 11) is 1.64. The summed E-state index contributed by atoms with van der Waals surface area (Å²) in [6.07, 6.45) is 2.19. The molecule has 0 aliphatic carbocycles. The number of unbranched alkanes of at least 4 members (excludes halogenated alkanes) is 1. The van der Waals surface area contributed by atoms with E-state index in [4.69, 9.17) is 4.42 Å². The molecule has 1 atom stereocenters. The van der Waals surface area contributed by atoms with Crippen molar-refractivity contribution >= 4 is 17.0 Å². The summed E-state index contributed by atoms with van der Waals surface area (Å²) in [6, 6.07) is 13.6. The van der Waals surface area contributed by atoms with Crippen LogP contribution in [0.2, 0.25) is 0 Å². The first-order chi connectivity index (χ1) is 12.6. The van der Waals surface area contributed by atoms with Crippen LogP contribution in [0.4, 0.5) is 0 Å². The van der Waals surface area contributed by atoms with Crippen LogP contribution in [0, 0.1) is 6.92 Å². The maximum absolute atomic E-state index is 11.2. The van der Waals surface area contributed by atoms with E-state index in [2.05, 4.69) is 10.3 Å². The fraction of sp³-hybridized carbons (Fsp3) is 0.333. The van der Waals surface area contributed by atoms with Crippen LogP contribution in [-0.4, -0.2) is 23.0 Å². The second-order valence-corrected chi connectivity index (χ2v) is 6.55. The summed E-state index contributed by atoms with van der Waals surface area (Å²) in [5.74, 6) is 0.620. The van der Waals surface area contributed by atoms with Gasteiger partial charge in [-0.05, 0) is 55.2 Å². The van der Waals surface area contributed by atoms with Crippen molar-refractivity contribution < 1.29 is 14.3 Å². The molecule has 26 heavy (non-hydrogen) atoms. The highest BCUT2D eigenvalue weighted by Gasteiger charge is 2.11. The third-order valence-electron chi connectivity index (χ3n) is 4.50. The van der Waals surface area contributed by atoms with E-state index in [1.54, 1.807) is 7.05 Å². The van der Waals surface area contributed by atoms with Crippen LogP contribution in [0.1, 0.15) is 42.9 Å². The fourth-order valence-corrected chi connectivity index (χ4v) is 2.92. The van der Waals surface area contributed by atoms with E-state index in [0.717, 1.165) is 40.6 Å². The van der Waals surface area contributed by atoms with Gasteiger partial charge in [0.2, 0.25) is 11.8 Å². The molecule has 2 aromatic carbocycles. The SMILES string of the molecule is CNC(=O)CCCC[C@H](O)c1ccc(-c2nc3cc(C)ccc3o2)cc1. The Balaban J connectivity index is 1.62. The summed E-state index contributed by atoms with van der Waals surface area (Å²) in [5.41, 5.74) is 4.51. The number of aryl methyl sites for hydroxylation is 1. The van der Waals surface area contributed by atoms with Crippen LogP contribution in [-0.2, 0) is 4.79 Å².